The maximum Gasteiger partial charge on any atom is 0.235 e. The molecule has 0 bridgehead atoms. The number of hydrogen-bond donors (Lipinski definition) is 1. The minimum Gasteiger partial charge on any atom is -0.444 e. The van der Waals surface area contributed by atoms with Gasteiger partial charge in [-0.15, -0.1) is 0 Å². The fourth-order valence-corrected chi connectivity index (χ4v) is 3.68. The smallest absolute Gasteiger partial charge is 0.235 e. The first-order valence-electron chi connectivity index (χ1n) is 7.96. The Morgan fingerprint density at radius 3 is 2.81 bits per heavy atom. The molecule has 1 aliphatic carbocycles. The van der Waals surface area contributed by atoms with E-state index in [0.717, 1.165) is 18.7 Å². The zero-order chi connectivity index (χ0) is 14.8. The van der Waals surface area contributed by atoms with E-state index in [0.29, 0.717) is 11.8 Å². The van der Waals surface area contributed by atoms with E-state index in [9.17, 15) is 4.79 Å². The van der Waals surface area contributed by atoms with Crippen LogP contribution in [0, 0.1) is 19.3 Å². The fourth-order valence-electron chi connectivity index (χ4n) is 3.68. The van der Waals surface area contributed by atoms with Gasteiger partial charge in [0.05, 0.1) is 18.3 Å². The predicted octanol–water partition coefficient (Wildman–Crippen LogP) is 2.37. The minimum absolute atomic E-state index is 0.0538. The van der Waals surface area contributed by atoms with Crippen LogP contribution >= 0.6 is 0 Å². The molecule has 2 atom stereocenters. The van der Waals surface area contributed by atoms with Crippen LogP contribution in [0.3, 0.4) is 0 Å². The highest BCUT2D eigenvalue weighted by atomic mass is 16.4. The molecule has 115 valence electrons. The second-order valence-electron chi connectivity index (χ2n) is 6.34. The Balaban J connectivity index is 1.76. The third-order valence-electron chi connectivity index (χ3n) is 4.75. The number of aryl methyl sites for hydroxylation is 1. The van der Waals surface area contributed by atoms with Gasteiger partial charge in [-0.25, -0.2) is 4.98 Å². The maximum atomic E-state index is 11.7. The van der Waals surface area contributed by atoms with Gasteiger partial charge in [-0.05, 0) is 38.5 Å². The van der Waals surface area contributed by atoms with Crippen molar-refractivity contribution in [1.29, 1.82) is 0 Å². The van der Waals surface area contributed by atoms with Crippen molar-refractivity contribution in [2.24, 2.45) is 11.7 Å². The molecule has 3 rings (SSSR count). The summed E-state index contributed by atoms with van der Waals surface area (Å²) in [5.74, 6) is 1.91. The number of carbonyl (C=O) groups is 1. The summed E-state index contributed by atoms with van der Waals surface area (Å²) in [7, 11) is 0. The first-order chi connectivity index (χ1) is 10.1. The van der Waals surface area contributed by atoms with Crippen molar-refractivity contribution in [3.8, 4) is 0 Å². The molecule has 2 fully saturated rings. The lowest BCUT2D eigenvalue weighted by Crippen LogP contribution is -2.44. The number of nitrogens with zero attached hydrogens (tertiary/aromatic N) is 2. The van der Waals surface area contributed by atoms with Crippen molar-refractivity contribution in [3.05, 3.63) is 24.3 Å². The number of primary amides is 1. The molecule has 0 spiro atoms. The zero-order valence-electron chi connectivity index (χ0n) is 12.6. The van der Waals surface area contributed by atoms with Crippen molar-refractivity contribution < 1.29 is 9.21 Å². The lowest BCUT2D eigenvalue weighted by molar-refractivity contribution is -0.122. The molecule has 1 aromatic heterocycles. The summed E-state index contributed by atoms with van der Waals surface area (Å²) < 4.78 is 5.69. The molecule has 5 nitrogen and oxygen atoms in total. The van der Waals surface area contributed by atoms with Gasteiger partial charge in [0.15, 0.2) is 0 Å². The SMILES string of the molecule is Cc1cnc([C@@H]2C[CH]C(C(N)=O)N2CC2CCCCC2)o1. The predicted molar refractivity (Wildman–Crippen MR) is 79.2 cm³/mol. The molecule has 1 unspecified atom stereocenters. The van der Waals surface area contributed by atoms with Gasteiger partial charge in [0.25, 0.3) is 0 Å². The average molecular weight is 290 g/mol. The van der Waals surface area contributed by atoms with Crippen LogP contribution < -0.4 is 5.73 Å². The Hall–Kier alpha value is -1.36. The monoisotopic (exact) mass is 290 g/mol. The van der Waals surface area contributed by atoms with Crippen LogP contribution in [-0.4, -0.2) is 28.4 Å². The molecule has 21 heavy (non-hydrogen) atoms. The molecule has 1 aliphatic heterocycles. The molecular weight excluding hydrogens is 266 g/mol. The van der Waals surface area contributed by atoms with Crippen LogP contribution in [0.25, 0.3) is 0 Å². The van der Waals surface area contributed by atoms with Crippen LogP contribution in [0.1, 0.15) is 56.2 Å². The maximum absolute atomic E-state index is 11.7. The van der Waals surface area contributed by atoms with Crippen LogP contribution in [0.15, 0.2) is 10.6 Å². The van der Waals surface area contributed by atoms with Gasteiger partial charge in [0.1, 0.15) is 5.76 Å². The van der Waals surface area contributed by atoms with Gasteiger partial charge in [-0.1, -0.05) is 19.3 Å². The summed E-state index contributed by atoms with van der Waals surface area (Å²) in [6.45, 7) is 2.81. The highest BCUT2D eigenvalue weighted by molar-refractivity contribution is 5.81. The minimum atomic E-state index is -0.288. The number of likely N-dealkylation sites (tertiary alicyclic amines) is 1. The second-order valence-corrected chi connectivity index (χ2v) is 6.34. The molecule has 0 aromatic carbocycles. The molecule has 2 aliphatic rings. The standard InChI is InChI=1S/C16H24N3O2/c1-11-9-18-16(21-11)14-8-7-13(15(17)20)19(14)10-12-5-3-2-4-6-12/h7,9,12-14H,2-6,8,10H2,1H3,(H2,17,20)/t13?,14-/m0/s1. The molecular formula is C16H24N3O2. The topological polar surface area (TPSA) is 72.4 Å². The number of carbonyl (C=O) groups excluding carboxylic acids is 1. The third-order valence-corrected chi connectivity index (χ3v) is 4.75. The number of aromatic nitrogens is 1. The summed E-state index contributed by atoms with van der Waals surface area (Å²) >= 11 is 0. The van der Waals surface area contributed by atoms with E-state index in [2.05, 4.69) is 9.88 Å². The zero-order valence-corrected chi connectivity index (χ0v) is 12.6. The largest absolute Gasteiger partial charge is 0.444 e. The Labute approximate surface area is 125 Å². The van der Waals surface area contributed by atoms with Crippen molar-refractivity contribution in [1.82, 2.24) is 9.88 Å². The number of nitrogens with two attached hydrogens (primary N) is 1. The lowest BCUT2D eigenvalue weighted by atomic mass is 9.88. The lowest BCUT2D eigenvalue weighted by Gasteiger charge is -2.32. The van der Waals surface area contributed by atoms with E-state index in [1.165, 1.54) is 32.1 Å². The second kappa shape index (κ2) is 6.18. The van der Waals surface area contributed by atoms with E-state index in [-0.39, 0.29) is 18.0 Å². The first-order valence-corrected chi connectivity index (χ1v) is 7.96. The van der Waals surface area contributed by atoms with Gasteiger partial charge >= 0.3 is 0 Å². The van der Waals surface area contributed by atoms with Gasteiger partial charge in [0, 0.05) is 6.54 Å². The van der Waals surface area contributed by atoms with Crippen molar-refractivity contribution in [2.75, 3.05) is 6.54 Å². The van der Waals surface area contributed by atoms with Crippen molar-refractivity contribution in [3.63, 3.8) is 0 Å². The fraction of sp³-hybridized carbons (Fsp3) is 0.688. The molecule has 1 saturated heterocycles. The summed E-state index contributed by atoms with van der Waals surface area (Å²) in [6, 6.07) is -0.234. The Bertz CT molecular complexity index is 493. The van der Waals surface area contributed by atoms with Gasteiger partial charge in [0.2, 0.25) is 11.8 Å². The van der Waals surface area contributed by atoms with Crippen LogP contribution in [0.5, 0.6) is 0 Å². The van der Waals surface area contributed by atoms with Gasteiger partial charge in [-0.2, -0.15) is 0 Å². The Morgan fingerprint density at radius 1 is 1.43 bits per heavy atom. The van der Waals surface area contributed by atoms with E-state index in [1.807, 2.05) is 13.3 Å². The Kier molecular flexibility index (Phi) is 4.29. The van der Waals surface area contributed by atoms with Crippen molar-refractivity contribution >= 4 is 5.91 Å². The summed E-state index contributed by atoms with van der Waals surface area (Å²) in [4.78, 5) is 18.3. The molecule has 2 heterocycles. The van der Waals surface area contributed by atoms with Gasteiger partial charge in [-0.3, -0.25) is 9.69 Å². The van der Waals surface area contributed by atoms with Crippen LogP contribution in [0.4, 0.5) is 0 Å². The summed E-state index contributed by atoms with van der Waals surface area (Å²) in [6.07, 6.45) is 11.0. The molecule has 1 saturated carbocycles. The van der Waals surface area contributed by atoms with E-state index in [4.69, 9.17) is 10.2 Å². The molecule has 1 radical (unpaired) electrons. The molecule has 2 N–H and O–H groups in total. The van der Waals surface area contributed by atoms with Crippen molar-refractivity contribution in [2.45, 2.75) is 57.5 Å². The Morgan fingerprint density at radius 2 is 2.19 bits per heavy atom. The molecule has 1 aromatic rings. The number of oxazole rings is 1. The quantitative estimate of drug-likeness (QED) is 0.924. The number of amides is 1. The van der Waals surface area contributed by atoms with Gasteiger partial charge < -0.3 is 10.2 Å². The normalized spacial score (nSPS) is 28.0. The highest BCUT2D eigenvalue weighted by Gasteiger charge is 2.41. The summed E-state index contributed by atoms with van der Waals surface area (Å²) in [5, 5.41) is 0. The summed E-state index contributed by atoms with van der Waals surface area (Å²) in [5.41, 5.74) is 5.58. The number of rotatable bonds is 4. The molecule has 1 amide bonds. The van der Waals surface area contributed by atoms with E-state index >= 15 is 0 Å². The van der Waals surface area contributed by atoms with E-state index in [1.54, 1.807) is 6.20 Å². The molecule has 5 heteroatoms. The average Bonchev–Trinajstić information content (AvgIpc) is 3.06. The highest BCUT2D eigenvalue weighted by Crippen LogP contribution is 2.37. The van der Waals surface area contributed by atoms with E-state index < -0.39 is 0 Å². The van der Waals surface area contributed by atoms with Crippen LogP contribution in [-0.2, 0) is 4.79 Å². The third kappa shape index (κ3) is 3.12. The van der Waals surface area contributed by atoms with Crippen LogP contribution in [0.2, 0.25) is 0 Å². The number of hydrogen-bond acceptors (Lipinski definition) is 4. The first kappa shape index (κ1) is 14.6.